The predicted molar refractivity (Wildman–Crippen MR) is 82.3 cm³/mol. The molecule has 0 saturated heterocycles. The van der Waals surface area contributed by atoms with Crippen molar-refractivity contribution in [2.45, 2.75) is 13.1 Å². The molecule has 2 aromatic carbocycles. The zero-order valence-electron chi connectivity index (χ0n) is 11.4. The van der Waals surface area contributed by atoms with Gasteiger partial charge in [-0.25, -0.2) is 0 Å². The van der Waals surface area contributed by atoms with E-state index in [0.29, 0.717) is 0 Å². The molecule has 0 bridgehead atoms. The van der Waals surface area contributed by atoms with Crippen LogP contribution in [-0.2, 0) is 0 Å². The Balaban J connectivity index is 2.01. The number of nitrogens with one attached hydrogen (secondary N) is 1. The smallest absolute Gasteiger partial charge is 0.251 e. The van der Waals surface area contributed by atoms with Crippen LogP contribution >= 0.6 is 0 Å². The maximum Gasteiger partial charge on any atom is 0.251 e. The molecule has 0 aromatic heterocycles. The van der Waals surface area contributed by atoms with Gasteiger partial charge >= 0.3 is 0 Å². The second-order valence-electron chi connectivity index (χ2n) is 5.30. The molecular formula is C16H19NOSi. The summed E-state index contributed by atoms with van der Waals surface area (Å²) in [6.07, 6.45) is 0.755. The highest BCUT2D eigenvalue weighted by Crippen LogP contribution is 2.03. The molecule has 0 radical (unpaired) electrons. The molecule has 1 N–H and O–H groups in total. The lowest BCUT2D eigenvalue weighted by Crippen LogP contribution is -2.51. The van der Waals surface area contributed by atoms with Gasteiger partial charge in [0, 0.05) is 11.7 Å². The Hall–Kier alpha value is -1.87. The van der Waals surface area contributed by atoms with Gasteiger partial charge in [0.05, 0.1) is 0 Å². The van der Waals surface area contributed by atoms with Gasteiger partial charge in [0.1, 0.15) is 8.07 Å². The molecular weight excluding hydrogens is 250 g/mol. The Labute approximate surface area is 115 Å². The average molecular weight is 269 g/mol. The molecule has 98 valence electrons. The van der Waals surface area contributed by atoms with Gasteiger partial charge in [-0.1, -0.05) is 66.8 Å². The van der Waals surface area contributed by atoms with E-state index < -0.39 is 8.07 Å². The van der Waals surface area contributed by atoms with E-state index in [2.05, 4.69) is 42.7 Å². The van der Waals surface area contributed by atoms with Gasteiger partial charge in [-0.15, -0.1) is 0 Å². The Morgan fingerprint density at radius 3 is 2.05 bits per heavy atom. The third kappa shape index (κ3) is 3.55. The second kappa shape index (κ2) is 5.84. The van der Waals surface area contributed by atoms with Crippen molar-refractivity contribution in [2.75, 3.05) is 6.17 Å². The molecule has 0 fully saturated rings. The number of carbonyl (C=O) groups is 1. The van der Waals surface area contributed by atoms with Gasteiger partial charge in [0.15, 0.2) is 0 Å². The lowest BCUT2D eigenvalue weighted by atomic mass is 10.2. The summed E-state index contributed by atoms with van der Waals surface area (Å²) in [5.74, 6) is 0.0112. The van der Waals surface area contributed by atoms with Crippen molar-refractivity contribution < 1.29 is 4.79 Å². The van der Waals surface area contributed by atoms with Crippen molar-refractivity contribution in [3.8, 4) is 0 Å². The van der Waals surface area contributed by atoms with E-state index in [1.54, 1.807) is 0 Å². The van der Waals surface area contributed by atoms with E-state index >= 15 is 0 Å². The van der Waals surface area contributed by atoms with Crippen LogP contribution in [0.15, 0.2) is 60.7 Å². The van der Waals surface area contributed by atoms with Gasteiger partial charge in [0.25, 0.3) is 5.91 Å². The lowest BCUT2D eigenvalue weighted by Gasteiger charge is -2.23. The highest BCUT2D eigenvalue weighted by atomic mass is 28.3. The Morgan fingerprint density at radius 1 is 0.947 bits per heavy atom. The van der Waals surface area contributed by atoms with Gasteiger partial charge in [-0.05, 0) is 12.1 Å². The van der Waals surface area contributed by atoms with Gasteiger partial charge in [-0.3, -0.25) is 4.79 Å². The molecule has 1 amide bonds. The zero-order chi connectivity index (χ0) is 13.7. The van der Waals surface area contributed by atoms with Crippen LogP contribution in [0.2, 0.25) is 13.1 Å². The summed E-state index contributed by atoms with van der Waals surface area (Å²) in [6.45, 7) is 4.54. The number of amides is 1. The van der Waals surface area contributed by atoms with E-state index in [-0.39, 0.29) is 5.91 Å². The fraction of sp³-hybridized carbons (Fsp3) is 0.188. The van der Waals surface area contributed by atoms with Crippen molar-refractivity contribution in [3.63, 3.8) is 0 Å². The zero-order valence-corrected chi connectivity index (χ0v) is 12.4. The topological polar surface area (TPSA) is 29.1 Å². The van der Waals surface area contributed by atoms with Crippen molar-refractivity contribution >= 4 is 19.2 Å². The van der Waals surface area contributed by atoms with E-state index in [0.717, 1.165) is 11.7 Å². The van der Waals surface area contributed by atoms with Gasteiger partial charge < -0.3 is 5.32 Å². The van der Waals surface area contributed by atoms with Crippen molar-refractivity contribution in [3.05, 3.63) is 66.2 Å². The van der Waals surface area contributed by atoms with Crippen LogP contribution in [-0.4, -0.2) is 20.1 Å². The molecule has 0 aliphatic rings. The summed E-state index contributed by atoms with van der Waals surface area (Å²) < 4.78 is 0. The van der Waals surface area contributed by atoms with Crippen molar-refractivity contribution in [1.29, 1.82) is 0 Å². The summed E-state index contributed by atoms with van der Waals surface area (Å²) in [4.78, 5) is 12.0. The summed E-state index contributed by atoms with van der Waals surface area (Å²) in [6, 6.07) is 19.8. The van der Waals surface area contributed by atoms with Crippen LogP contribution in [0, 0.1) is 0 Å². The number of rotatable bonds is 4. The standard InChI is InChI=1S/C16H19NOSi/c1-19(2,15-11-7-4-8-12-15)13-17-16(18)14-9-5-3-6-10-14/h3-12H,13H2,1-2H3,(H,17,18). The molecule has 0 aliphatic carbocycles. The maximum absolute atomic E-state index is 12.0. The van der Waals surface area contributed by atoms with Crippen LogP contribution in [0.25, 0.3) is 0 Å². The lowest BCUT2D eigenvalue weighted by molar-refractivity contribution is 0.0959. The second-order valence-corrected chi connectivity index (χ2v) is 10.00. The number of hydrogen-bond donors (Lipinski definition) is 1. The molecule has 0 aliphatic heterocycles. The molecule has 0 unspecified atom stereocenters. The van der Waals surface area contributed by atoms with Crippen LogP contribution in [0.3, 0.4) is 0 Å². The fourth-order valence-corrected chi connectivity index (χ4v) is 3.89. The molecule has 0 saturated carbocycles. The van der Waals surface area contributed by atoms with E-state index in [4.69, 9.17) is 0 Å². The largest absolute Gasteiger partial charge is 0.355 e. The first-order valence-corrected chi connectivity index (χ1v) is 9.69. The van der Waals surface area contributed by atoms with E-state index in [1.807, 2.05) is 36.4 Å². The summed E-state index contributed by atoms with van der Waals surface area (Å²) in [5.41, 5.74) is 0.723. The predicted octanol–water partition coefficient (Wildman–Crippen LogP) is 2.57. The minimum atomic E-state index is -1.61. The molecule has 0 spiro atoms. The minimum Gasteiger partial charge on any atom is -0.355 e. The first-order chi connectivity index (χ1) is 9.09. The van der Waals surface area contributed by atoms with Gasteiger partial charge in [0.2, 0.25) is 0 Å². The summed E-state index contributed by atoms with van der Waals surface area (Å²) in [7, 11) is -1.61. The van der Waals surface area contributed by atoms with Crippen LogP contribution < -0.4 is 10.5 Å². The Kier molecular flexibility index (Phi) is 4.17. The van der Waals surface area contributed by atoms with E-state index in [9.17, 15) is 4.79 Å². The maximum atomic E-state index is 12.0. The highest BCUT2D eigenvalue weighted by molar-refractivity contribution is 6.90. The monoisotopic (exact) mass is 269 g/mol. The van der Waals surface area contributed by atoms with Crippen LogP contribution in [0.5, 0.6) is 0 Å². The molecule has 0 atom stereocenters. The number of hydrogen-bond acceptors (Lipinski definition) is 1. The normalized spacial score (nSPS) is 11.1. The molecule has 3 heteroatoms. The number of carbonyl (C=O) groups excluding carboxylic acids is 1. The molecule has 2 nitrogen and oxygen atoms in total. The summed E-state index contributed by atoms with van der Waals surface area (Å²) >= 11 is 0. The van der Waals surface area contributed by atoms with Crippen molar-refractivity contribution in [2.24, 2.45) is 0 Å². The molecule has 0 heterocycles. The SMILES string of the molecule is C[Si](C)(CNC(=O)c1ccccc1)c1ccccc1. The van der Waals surface area contributed by atoms with E-state index in [1.165, 1.54) is 5.19 Å². The first kappa shape index (κ1) is 13.6. The molecule has 19 heavy (non-hydrogen) atoms. The average Bonchev–Trinajstić information content (AvgIpc) is 2.47. The summed E-state index contributed by atoms with van der Waals surface area (Å²) in [5, 5.41) is 4.42. The third-order valence-electron chi connectivity index (χ3n) is 3.28. The highest BCUT2D eigenvalue weighted by Gasteiger charge is 2.23. The Morgan fingerprint density at radius 2 is 1.47 bits per heavy atom. The fourth-order valence-electron chi connectivity index (χ4n) is 1.98. The van der Waals surface area contributed by atoms with Crippen LogP contribution in [0.1, 0.15) is 10.4 Å². The molecule has 2 aromatic rings. The van der Waals surface area contributed by atoms with Gasteiger partial charge in [-0.2, -0.15) is 0 Å². The number of benzene rings is 2. The van der Waals surface area contributed by atoms with Crippen molar-refractivity contribution in [1.82, 2.24) is 5.32 Å². The Bertz CT molecular complexity index is 537. The molecule has 2 rings (SSSR count). The minimum absolute atomic E-state index is 0.0112. The third-order valence-corrected chi connectivity index (χ3v) is 6.24. The first-order valence-electron chi connectivity index (χ1n) is 6.48. The quantitative estimate of drug-likeness (QED) is 0.849. The van der Waals surface area contributed by atoms with Crippen LogP contribution in [0.4, 0.5) is 0 Å².